The largest absolute Gasteiger partial charge is 0.480 e. The Kier molecular flexibility index (Phi) is 4.88. The monoisotopic (exact) mass is 253 g/mol. The highest BCUT2D eigenvalue weighted by molar-refractivity contribution is 6.00. The maximum atomic E-state index is 11.6. The van der Waals surface area contributed by atoms with E-state index in [2.05, 4.69) is 10.3 Å². The summed E-state index contributed by atoms with van der Waals surface area (Å²) in [6.45, 7) is 4.13. The summed E-state index contributed by atoms with van der Waals surface area (Å²) in [4.78, 5) is 26.4. The fourth-order valence-electron chi connectivity index (χ4n) is 1.36. The van der Waals surface area contributed by atoms with Crippen molar-refractivity contribution in [1.82, 2.24) is 14.9 Å². The van der Waals surface area contributed by atoms with Crippen molar-refractivity contribution >= 4 is 11.9 Å². The first-order valence-electron chi connectivity index (χ1n) is 5.92. The van der Waals surface area contributed by atoms with Gasteiger partial charge in [0.15, 0.2) is 0 Å². The summed E-state index contributed by atoms with van der Waals surface area (Å²) in [6.07, 6.45) is 7.05. The number of amides is 1. The third-order valence-corrected chi connectivity index (χ3v) is 2.79. The number of aliphatic carboxylic acids is 1. The molecule has 100 valence electrons. The van der Waals surface area contributed by atoms with Crippen molar-refractivity contribution in [2.24, 2.45) is 5.41 Å². The number of aryl methyl sites for hydroxylation is 1. The second kappa shape index (κ2) is 6.18. The minimum Gasteiger partial charge on any atom is -0.480 e. The molecule has 0 unspecified atom stereocenters. The van der Waals surface area contributed by atoms with Gasteiger partial charge in [-0.05, 0) is 26.7 Å². The van der Waals surface area contributed by atoms with Crippen LogP contribution in [0.5, 0.6) is 0 Å². The SMILES string of the molecule is CC(C)(C(=O)O)C(=O)NCCCCn1ccnc1. The average molecular weight is 253 g/mol. The molecular weight excluding hydrogens is 234 g/mol. The molecule has 0 fully saturated rings. The van der Waals surface area contributed by atoms with Crippen LogP contribution < -0.4 is 5.32 Å². The lowest BCUT2D eigenvalue weighted by Crippen LogP contribution is -2.42. The number of nitrogens with zero attached hydrogens (tertiary/aromatic N) is 2. The molecule has 0 saturated heterocycles. The molecule has 1 amide bonds. The summed E-state index contributed by atoms with van der Waals surface area (Å²) in [7, 11) is 0. The van der Waals surface area contributed by atoms with Crippen LogP contribution in [0, 0.1) is 5.41 Å². The van der Waals surface area contributed by atoms with Crippen molar-refractivity contribution in [3.63, 3.8) is 0 Å². The van der Waals surface area contributed by atoms with Crippen molar-refractivity contribution in [2.75, 3.05) is 6.54 Å². The number of nitrogens with one attached hydrogen (secondary N) is 1. The number of carbonyl (C=O) groups excluding carboxylic acids is 1. The Labute approximate surface area is 106 Å². The molecule has 0 aliphatic rings. The van der Waals surface area contributed by atoms with E-state index in [-0.39, 0.29) is 0 Å². The van der Waals surface area contributed by atoms with Crippen LogP contribution in [-0.2, 0) is 16.1 Å². The van der Waals surface area contributed by atoms with Gasteiger partial charge in [-0.1, -0.05) is 0 Å². The van der Waals surface area contributed by atoms with Crippen LogP contribution in [0.3, 0.4) is 0 Å². The zero-order valence-electron chi connectivity index (χ0n) is 10.7. The number of carboxylic acids is 1. The second-order valence-corrected chi connectivity index (χ2v) is 4.69. The third-order valence-electron chi connectivity index (χ3n) is 2.79. The van der Waals surface area contributed by atoms with Crippen LogP contribution in [0.15, 0.2) is 18.7 Å². The molecule has 0 aromatic carbocycles. The Bertz CT molecular complexity index is 399. The molecule has 0 spiro atoms. The van der Waals surface area contributed by atoms with Gasteiger partial charge in [-0.2, -0.15) is 0 Å². The summed E-state index contributed by atoms with van der Waals surface area (Å²) in [6, 6.07) is 0. The minimum atomic E-state index is -1.37. The molecular formula is C12H19N3O3. The average Bonchev–Trinajstić information content (AvgIpc) is 2.81. The number of unbranched alkanes of at least 4 members (excludes halogenated alkanes) is 1. The number of carbonyl (C=O) groups is 2. The number of rotatable bonds is 7. The zero-order chi connectivity index (χ0) is 13.6. The van der Waals surface area contributed by atoms with Gasteiger partial charge in [0.05, 0.1) is 6.33 Å². The van der Waals surface area contributed by atoms with Gasteiger partial charge < -0.3 is 15.0 Å². The number of aromatic nitrogens is 2. The number of hydrogen-bond donors (Lipinski definition) is 2. The van der Waals surface area contributed by atoms with Crippen molar-refractivity contribution in [1.29, 1.82) is 0 Å². The van der Waals surface area contributed by atoms with E-state index in [0.29, 0.717) is 6.54 Å². The van der Waals surface area contributed by atoms with Gasteiger partial charge in [0.25, 0.3) is 0 Å². The highest BCUT2D eigenvalue weighted by Gasteiger charge is 2.35. The highest BCUT2D eigenvalue weighted by atomic mass is 16.4. The minimum absolute atomic E-state index is 0.447. The quantitative estimate of drug-likeness (QED) is 0.558. The van der Waals surface area contributed by atoms with Crippen LogP contribution in [0.25, 0.3) is 0 Å². The van der Waals surface area contributed by atoms with Crippen LogP contribution >= 0.6 is 0 Å². The maximum absolute atomic E-state index is 11.6. The molecule has 1 heterocycles. The van der Waals surface area contributed by atoms with Crippen LogP contribution in [0.2, 0.25) is 0 Å². The molecule has 1 aromatic rings. The molecule has 1 aromatic heterocycles. The Balaban J connectivity index is 2.18. The number of carboxylic acid groups (broad SMARTS) is 1. The Hall–Kier alpha value is -1.85. The standard InChI is InChI=1S/C12H19N3O3/c1-12(2,11(17)18)10(16)14-5-3-4-7-15-8-6-13-9-15/h6,8-9H,3-5,7H2,1-2H3,(H,14,16)(H,17,18). The second-order valence-electron chi connectivity index (χ2n) is 4.69. The fraction of sp³-hybridized carbons (Fsp3) is 0.583. The van der Waals surface area contributed by atoms with Gasteiger partial charge in [0.2, 0.25) is 5.91 Å². The van der Waals surface area contributed by atoms with Crippen LogP contribution in [0.4, 0.5) is 0 Å². The summed E-state index contributed by atoms with van der Waals surface area (Å²) in [5.41, 5.74) is -1.37. The van der Waals surface area contributed by atoms with Gasteiger partial charge in [0.1, 0.15) is 5.41 Å². The molecule has 18 heavy (non-hydrogen) atoms. The normalized spacial score (nSPS) is 11.2. The fourth-order valence-corrected chi connectivity index (χ4v) is 1.36. The Morgan fingerprint density at radius 3 is 2.67 bits per heavy atom. The molecule has 2 N–H and O–H groups in total. The smallest absolute Gasteiger partial charge is 0.318 e. The lowest BCUT2D eigenvalue weighted by atomic mass is 9.93. The maximum Gasteiger partial charge on any atom is 0.318 e. The summed E-state index contributed by atoms with van der Waals surface area (Å²) in [5.74, 6) is -1.56. The highest BCUT2D eigenvalue weighted by Crippen LogP contribution is 2.14. The van der Waals surface area contributed by atoms with Gasteiger partial charge in [-0.25, -0.2) is 4.98 Å². The Morgan fingerprint density at radius 2 is 2.11 bits per heavy atom. The summed E-state index contributed by atoms with van der Waals surface area (Å²) < 4.78 is 1.96. The van der Waals surface area contributed by atoms with E-state index in [0.717, 1.165) is 19.4 Å². The van der Waals surface area contributed by atoms with E-state index in [4.69, 9.17) is 5.11 Å². The first-order valence-corrected chi connectivity index (χ1v) is 5.92. The van der Waals surface area contributed by atoms with Crippen molar-refractivity contribution in [2.45, 2.75) is 33.2 Å². The predicted molar refractivity (Wildman–Crippen MR) is 65.9 cm³/mol. The molecule has 0 atom stereocenters. The third kappa shape index (κ3) is 3.87. The predicted octanol–water partition coefficient (Wildman–Crippen LogP) is 0.890. The summed E-state index contributed by atoms with van der Waals surface area (Å²) >= 11 is 0. The molecule has 0 saturated carbocycles. The molecule has 0 aliphatic heterocycles. The van der Waals surface area contributed by atoms with E-state index in [1.54, 1.807) is 12.5 Å². The van der Waals surface area contributed by atoms with E-state index in [1.165, 1.54) is 13.8 Å². The molecule has 0 bridgehead atoms. The molecule has 6 nitrogen and oxygen atoms in total. The Morgan fingerprint density at radius 1 is 1.39 bits per heavy atom. The molecule has 0 radical (unpaired) electrons. The lowest BCUT2D eigenvalue weighted by Gasteiger charge is -2.18. The van der Waals surface area contributed by atoms with Crippen LogP contribution in [-0.4, -0.2) is 33.1 Å². The zero-order valence-corrected chi connectivity index (χ0v) is 10.7. The van der Waals surface area contributed by atoms with Gasteiger partial charge in [-0.3, -0.25) is 9.59 Å². The molecule has 0 aliphatic carbocycles. The number of hydrogen-bond acceptors (Lipinski definition) is 3. The summed E-state index contributed by atoms with van der Waals surface area (Å²) in [5, 5.41) is 11.5. The van der Waals surface area contributed by atoms with Crippen molar-refractivity contribution < 1.29 is 14.7 Å². The van der Waals surface area contributed by atoms with Crippen molar-refractivity contribution in [3.8, 4) is 0 Å². The van der Waals surface area contributed by atoms with E-state index in [9.17, 15) is 9.59 Å². The van der Waals surface area contributed by atoms with Gasteiger partial charge in [0, 0.05) is 25.5 Å². The van der Waals surface area contributed by atoms with Crippen molar-refractivity contribution in [3.05, 3.63) is 18.7 Å². The van der Waals surface area contributed by atoms with Crippen LogP contribution in [0.1, 0.15) is 26.7 Å². The first kappa shape index (κ1) is 14.2. The van der Waals surface area contributed by atoms with Gasteiger partial charge in [-0.15, -0.1) is 0 Å². The van der Waals surface area contributed by atoms with E-state index in [1.807, 2.05) is 10.8 Å². The first-order chi connectivity index (χ1) is 8.44. The van der Waals surface area contributed by atoms with Gasteiger partial charge >= 0.3 is 5.97 Å². The molecule has 1 rings (SSSR count). The van der Waals surface area contributed by atoms with E-state index < -0.39 is 17.3 Å². The van der Waals surface area contributed by atoms with E-state index >= 15 is 0 Å². The molecule has 6 heteroatoms. The number of imidazole rings is 1. The lowest BCUT2D eigenvalue weighted by molar-refractivity contribution is -0.153. The topological polar surface area (TPSA) is 84.2 Å².